The van der Waals surface area contributed by atoms with E-state index in [0.29, 0.717) is 48.4 Å². The third-order valence-corrected chi connectivity index (χ3v) is 5.46. The van der Waals surface area contributed by atoms with Crippen LogP contribution in [0, 0.1) is 6.92 Å². The van der Waals surface area contributed by atoms with Crippen molar-refractivity contribution in [3.05, 3.63) is 47.7 Å². The van der Waals surface area contributed by atoms with Gasteiger partial charge in [0.1, 0.15) is 5.69 Å². The van der Waals surface area contributed by atoms with Crippen molar-refractivity contribution < 1.29 is 18.8 Å². The first-order chi connectivity index (χ1) is 15.1. The minimum atomic E-state index is 0.0920. The normalized spacial score (nSPS) is 14.5. The van der Waals surface area contributed by atoms with Gasteiger partial charge in [-0.2, -0.15) is 4.98 Å². The molecule has 31 heavy (non-hydrogen) atoms. The van der Waals surface area contributed by atoms with Crippen LogP contribution in [0.15, 0.2) is 35.1 Å². The van der Waals surface area contributed by atoms with Gasteiger partial charge in [-0.3, -0.25) is 9.78 Å². The van der Waals surface area contributed by atoms with Crippen molar-refractivity contribution in [2.24, 2.45) is 0 Å². The summed E-state index contributed by atoms with van der Waals surface area (Å²) in [4.78, 5) is 27.6. The molecule has 1 amide bonds. The molecule has 0 N–H and O–H groups in total. The van der Waals surface area contributed by atoms with Gasteiger partial charge in [-0.05, 0) is 37.5 Å². The topological polar surface area (TPSA) is 103 Å². The average molecular weight is 423 g/mol. The van der Waals surface area contributed by atoms with E-state index >= 15 is 0 Å². The van der Waals surface area contributed by atoms with Crippen molar-refractivity contribution in [2.45, 2.75) is 32.1 Å². The molecule has 0 spiro atoms. The Labute approximate surface area is 180 Å². The highest BCUT2D eigenvalue weighted by Crippen LogP contribution is 2.30. The largest absolute Gasteiger partial charge is 0.493 e. The van der Waals surface area contributed by atoms with Crippen LogP contribution in [0.5, 0.6) is 11.5 Å². The Hall–Kier alpha value is -3.49. The summed E-state index contributed by atoms with van der Waals surface area (Å²) in [5.41, 5.74) is 2.28. The first-order valence-corrected chi connectivity index (χ1v) is 10.2. The summed E-state index contributed by atoms with van der Waals surface area (Å²) in [7, 11) is 3.18. The smallest absolute Gasteiger partial charge is 0.278 e. The van der Waals surface area contributed by atoms with Crippen LogP contribution in [-0.4, -0.2) is 58.2 Å². The predicted octanol–water partition coefficient (Wildman–Crippen LogP) is 2.80. The number of rotatable bonds is 6. The van der Waals surface area contributed by atoms with E-state index in [0.717, 1.165) is 24.1 Å². The summed E-state index contributed by atoms with van der Waals surface area (Å²) >= 11 is 0. The van der Waals surface area contributed by atoms with Gasteiger partial charge in [0.15, 0.2) is 17.3 Å². The summed E-state index contributed by atoms with van der Waals surface area (Å²) in [5, 5.41) is 4.13. The van der Waals surface area contributed by atoms with Gasteiger partial charge < -0.3 is 18.9 Å². The molecule has 1 aliphatic heterocycles. The SMILES string of the molecule is COc1ccc(CC(=O)N2CCC(c3noc(-c4cnc(C)cn4)n3)CC2)cc1OC. The zero-order valence-electron chi connectivity index (χ0n) is 17.9. The first kappa shape index (κ1) is 20.8. The standard InChI is InChI=1S/C22H25N5O4/c1-14-12-24-17(13-23-14)22-25-21(26-31-22)16-6-8-27(9-7-16)20(28)11-15-4-5-18(29-2)19(10-15)30-3/h4-5,10,12-13,16H,6-9,11H2,1-3H3. The van der Waals surface area contributed by atoms with Gasteiger partial charge in [0, 0.05) is 25.2 Å². The maximum atomic E-state index is 12.8. The van der Waals surface area contributed by atoms with E-state index in [1.807, 2.05) is 30.0 Å². The number of piperidine rings is 1. The van der Waals surface area contributed by atoms with Crippen molar-refractivity contribution in [1.82, 2.24) is 25.0 Å². The van der Waals surface area contributed by atoms with E-state index in [4.69, 9.17) is 14.0 Å². The number of amides is 1. The van der Waals surface area contributed by atoms with Gasteiger partial charge in [0.25, 0.3) is 5.89 Å². The van der Waals surface area contributed by atoms with E-state index in [-0.39, 0.29) is 11.8 Å². The lowest BCUT2D eigenvalue weighted by atomic mass is 9.95. The Morgan fingerprint density at radius 1 is 1.13 bits per heavy atom. The van der Waals surface area contributed by atoms with Crippen LogP contribution in [0.2, 0.25) is 0 Å². The second-order valence-electron chi connectivity index (χ2n) is 7.52. The van der Waals surface area contributed by atoms with Gasteiger partial charge >= 0.3 is 0 Å². The van der Waals surface area contributed by atoms with Crippen LogP contribution in [0.4, 0.5) is 0 Å². The molecular weight excluding hydrogens is 398 g/mol. The molecule has 2 aromatic heterocycles. The molecule has 0 bridgehead atoms. The molecule has 4 rings (SSSR count). The van der Waals surface area contributed by atoms with Crippen molar-refractivity contribution in [2.75, 3.05) is 27.3 Å². The monoisotopic (exact) mass is 423 g/mol. The Balaban J connectivity index is 1.34. The van der Waals surface area contributed by atoms with Crippen LogP contribution in [0.25, 0.3) is 11.6 Å². The lowest BCUT2D eigenvalue weighted by molar-refractivity contribution is -0.131. The number of hydrogen-bond acceptors (Lipinski definition) is 8. The Morgan fingerprint density at radius 2 is 1.90 bits per heavy atom. The van der Waals surface area contributed by atoms with E-state index < -0.39 is 0 Å². The lowest BCUT2D eigenvalue weighted by Crippen LogP contribution is -2.39. The van der Waals surface area contributed by atoms with Crippen LogP contribution >= 0.6 is 0 Å². The number of carbonyl (C=O) groups excluding carboxylic acids is 1. The molecule has 1 aromatic carbocycles. The van der Waals surface area contributed by atoms with Gasteiger partial charge in [-0.15, -0.1) is 0 Å². The molecule has 0 radical (unpaired) electrons. The molecule has 3 heterocycles. The summed E-state index contributed by atoms with van der Waals surface area (Å²) in [6.07, 6.45) is 5.19. The Kier molecular flexibility index (Phi) is 6.11. The highest BCUT2D eigenvalue weighted by atomic mass is 16.5. The van der Waals surface area contributed by atoms with Crippen LogP contribution in [0.1, 0.15) is 35.8 Å². The molecule has 0 unspecified atom stereocenters. The van der Waals surface area contributed by atoms with E-state index in [2.05, 4.69) is 20.1 Å². The molecule has 9 heteroatoms. The molecule has 0 aliphatic carbocycles. The number of likely N-dealkylation sites (tertiary alicyclic amines) is 1. The van der Waals surface area contributed by atoms with Gasteiger partial charge in [-0.1, -0.05) is 11.2 Å². The third-order valence-electron chi connectivity index (χ3n) is 5.46. The van der Waals surface area contributed by atoms with Crippen LogP contribution in [-0.2, 0) is 11.2 Å². The van der Waals surface area contributed by atoms with Crippen molar-refractivity contribution in [3.8, 4) is 23.1 Å². The fourth-order valence-electron chi connectivity index (χ4n) is 3.67. The van der Waals surface area contributed by atoms with Crippen molar-refractivity contribution in [1.29, 1.82) is 0 Å². The molecule has 1 aliphatic rings. The van der Waals surface area contributed by atoms with E-state index in [1.54, 1.807) is 26.6 Å². The Morgan fingerprint density at radius 3 is 2.58 bits per heavy atom. The quantitative estimate of drug-likeness (QED) is 0.596. The Bertz CT molecular complexity index is 1040. The minimum Gasteiger partial charge on any atom is -0.493 e. The van der Waals surface area contributed by atoms with Gasteiger partial charge in [0.05, 0.1) is 32.5 Å². The lowest BCUT2D eigenvalue weighted by Gasteiger charge is -2.30. The van der Waals surface area contributed by atoms with Crippen molar-refractivity contribution in [3.63, 3.8) is 0 Å². The van der Waals surface area contributed by atoms with Crippen molar-refractivity contribution >= 4 is 5.91 Å². The molecule has 0 atom stereocenters. The second kappa shape index (κ2) is 9.11. The third kappa shape index (κ3) is 4.65. The number of aryl methyl sites for hydroxylation is 1. The number of hydrogen-bond donors (Lipinski definition) is 0. The second-order valence-corrected chi connectivity index (χ2v) is 7.52. The highest BCUT2D eigenvalue weighted by molar-refractivity contribution is 5.79. The first-order valence-electron chi connectivity index (χ1n) is 10.2. The highest BCUT2D eigenvalue weighted by Gasteiger charge is 2.27. The number of aromatic nitrogens is 4. The molecule has 0 saturated carbocycles. The molecule has 1 saturated heterocycles. The maximum Gasteiger partial charge on any atom is 0.278 e. The average Bonchev–Trinajstić information content (AvgIpc) is 3.30. The number of methoxy groups -OCH3 is 2. The number of ether oxygens (including phenoxy) is 2. The zero-order valence-corrected chi connectivity index (χ0v) is 17.9. The maximum absolute atomic E-state index is 12.8. The fraction of sp³-hybridized carbons (Fsp3) is 0.409. The molecule has 3 aromatic rings. The number of benzene rings is 1. The number of carbonyl (C=O) groups is 1. The minimum absolute atomic E-state index is 0.0920. The predicted molar refractivity (Wildman–Crippen MR) is 112 cm³/mol. The van der Waals surface area contributed by atoms with Gasteiger partial charge in [-0.25, -0.2) is 4.98 Å². The molecule has 1 fully saturated rings. The van der Waals surface area contributed by atoms with E-state index in [1.165, 1.54) is 0 Å². The molecular formula is C22H25N5O4. The van der Waals surface area contributed by atoms with E-state index in [9.17, 15) is 4.79 Å². The van der Waals surface area contributed by atoms with Gasteiger partial charge in [0.2, 0.25) is 5.91 Å². The summed E-state index contributed by atoms with van der Waals surface area (Å²) in [6.45, 7) is 3.19. The van der Waals surface area contributed by atoms with Crippen LogP contribution in [0.3, 0.4) is 0 Å². The molecule has 162 valence electrons. The zero-order chi connectivity index (χ0) is 21.8. The summed E-state index contributed by atoms with van der Waals surface area (Å²) in [6, 6.07) is 5.55. The molecule has 9 nitrogen and oxygen atoms in total. The summed E-state index contributed by atoms with van der Waals surface area (Å²) in [5.74, 6) is 2.54. The van der Waals surface area contributed by atoms with Crippen LogP contribution < -0.4 is 9.47 Å². The number of nitrogens with zero attached hydrogens (tertiary/aromatic N) is 5. The fourth-order valence-corrected chi connectivity index (χ4v) is 3.67. The summed E-state index contributed by atoms with van der Waals surface area (Å²) < 4.78 is 16.0.